The molecule has 1 aliphatic rings. The largest absolute Gasteiger partial charge is 0.359 e. The summed E-state index contributed by atoms with van der Waals surface area (Å²) in [5.41, 5.74) is 2.50. The van der Waals surface area contributed by atoms with E-state index in [0.717, 1.165) is 6.42 Å². The third kappa shape index (κ3) is 3.28. The van der Waals surface area contributed by atoms with Gasteiger partial charge in [-0.2, -0.15) is 0 Å². The summed E-state index contributed by atoms with van der Waals surface area (Å²) in [5.74, 6) is 0. The van der Waals surface area contributed by atoms with Crippen molar-refractivity contribution in [2.45, 2.75) is 25.7 Å². The summed E-state index contributed by atoms with van der Waals surface area (Å²) in [7, 11) is 0. The van der Waals surface area contributed by atoms with Gasteiger partial charge in [0, 0.05) is 11.4 Å². The number of rotatable bonds is 2. The SMILES string of the molecule is C1=C\CCCC\C(Nc2ccccc2)=C/1. The fourth-order valence-electron chi connectivity index (χ4n) is 1.75. The topological polar surface area (TPSA) is 12.0 Å². The van der Waals surface area contributed by atoms with Crippen LogP contribution in [0.4, 0.5) is 5.69 Å². The number of hydrogen-bond acceptors (Lipinski definition) is 1. The summed E-state index contributed by atoms with van der Waals surface area (Å²) in [4.78, 5) is 0. The third-order valence-electron chi connectivity index (χ3n) is 2.58. The van der Waals surface area contributed by atoms with Crippen LogP contribution in [-0.2, 0) is 0 Å². The Kier molecular flexibility index (Phi) is 3.61. The molecule has 0 aliphatic heterocycles. The Hall–Kier alpha value is -1.50. The van der Waals surface area contributed by atoms with Crippen LogP contribution in [-0.4, -0.2) is 0 Å². The molecule has 0 bridgehead atoms. The Labute approximate surface area is 91.5 Å². The van der Waals surface area contributed by atoms with E-state index in [1.807, 2.05) is 6.07 Å². The molecule has 1 aromatic rings. The van der Waals surface area contributed by atoms with Crippen molar-refractivity contribution in [2.24, 2.45) is 0 Å². The van der Waals surface area contributed by atoms with Gasteiger partial charge in [0.2, 0.25) is 0 Å². The fraction of sp³-hybridized carbons (Fsp3) is 0.286. The lowest BCUT2D eigenvalue weighted by atomic mass is 10.1. The Morgan fingerprint density at radius 1 is 1.00 bits per heavy atom. The highest BCUT2D eigenvalue weighted by molar-refractivity contribution is 5.48. The minimum absolute atomic E-state index is 1.15. The van der Waals surface area contributed by atoms with Crippen molar-refractivity contribution in [3.8, 4) is 0 Å². The Balaban J connectivity index is 2.04. The van der Waals surface area contributed by atoms with Gasteiger partial charge in [0.1, 0.15) is 0 Å². The van der Waals surface area contributed by atoms with E-state index in [4.69, 9.17) is 0 Å². The molecule has 2 rings (SSSR count). The molecule has 0 saturated heterocycles. The number of benzene rings is 1. The molecule has 15 heavy (non-hydrogen) atoms. The number of nitrogens with one attached hydrogen (secondary N) is 1. The van der Waals surface area contributed by atoms with Crippen LogP contribution in [0.5, 0.6) is 0 Å². The monoisotopic (exact) mass is 199 g/mol. The van der Waals surface area contributed by atoms with Crippen molar-refractivity contribution in [3.05, 3.63) is 54.3 Å². The molecule has 1 aromatic carbocycles. The smallest absolute Gasteiger partial charge is 0.0381 e. The average molecular weight is 199 g/mol. The van der Waals surface area contributed by atoms with E-state index in [1.54, 1.807) is 0 Å². The average Bonchev–Trinajstić information content (AvgIpc) is 2.23. The molecule has 0 fully saturated rings. The van der Waals surface area contributed by atoms with E-state index in [2.05, 4.69) is 47.8 Å². The van der Waals surface area contributed by atoms with Crippen molar-refractivity contribution in [2.75, 3.05) is 5.32 Å². The van der Waals surface area contributed by atoms with Gasteiger partial charge in [-0.3, -0.25) is 0 Å². The second-order valence-electron chi connectivity index (χ2n) is 3.86. The second kappa shape index (κ2) is 5.40. The summed E-state index contributed by atoms with van der Waals surface area (Å²) >= 11 is 0. The molecule has 1 nitrogen and oxygen atoms in total. The molecular weight excluding hydrogens is 182 g/mol. The number of para-hydroxylation sites is 1. The number of hydrogen-bond donors (Lipinski definition) is 1. The molecule has 78 valence electrons. The van der Waals surface area contributed by atoms with Gasteiger partial charge in [-0.15, -0.1) is 0 Å². The summed E-state index contributed by atoms with van der Waals surface area (Å²) in [5, 5.41) is 3.46. The molecular formula is C14H17N. The molecule has 0 aromatic heterocycles. The summed E-state index contributed by atoms with van der Waals surface area (Å²) in [6.45, 7) is 0. The summed E-state index contributed by atoms with van der Waals surface area (Å²) < 4.78 is 0. The molecule has 0 atom stereocenters. The van der Waals surface area contributed by atoms with E-state index < -0.39 is 0 Å². The number of anilines is 1. The standard InChI is InChI=1S/C14H17N/c1-2-5-9-13(10-6-3-1)15-14-11-7-4-8-12-14/h2,4-5,7-9,11-12,15H,1,3,6,10H2/b5-2-,13-9+. The van der Waals surface area contributed by atoms with Crippen LogP contribution in [0.25, 0.3) is 0 Å². The van der Waals surface area contributed by atoms with Gasteiger partial charge in [0.25, 0.3) is 0 Å². The highest BCUT2D eigenvalue weighted by atomic mass is 14.9. The van der Waals surface area contributed by atoms with Gasteiger partial charge >= 0.3 is 0 Å². The Morgan fingerprint density at radius 3 is 2.73 bits per heavy atom. The maximum Gasteiger partial charge on any atom is 0.0381 e. The van der Waals surface area contributed by atoms with Crippen molar-refractivity contribution in [1.29, 1.82) is 0 Å². The van der Waals surface area contributed by atoms with Gasteiger partial charge in [0.05, 0.1) is 0 Å². The normalized spacial score (nSPS) is 22.0. The highest BCUT2D eigenvalue weighted by Crippen LogP contribution is 2.16. The number of allylic oxidation sites excluding steroid dienone is 4. The first kappa shape index (κ1) is 10.0. The second-order valence-corrected chi connectivity index (χ2v) is 3.86. The van der Waals surface area contributed by atoms with E-state index >= 15 is 0 Å². The molecule has 0 amide bonds. The lowest BCUT2D eigenvalue weighted by Gasteiger charge is -2.11. The van der Waals surface area contributed by atoms with Crippen LogP contribution < -0.4 is 5.32 Å². The predicted octanol–water partition coefficient (Wildman–Crippen LogP) is 4.11. The van der Waals surface area contributed by atoms with Gasteiger partial charge in [0.15, 0.2) is 0 Å². The maximum atomic E-state index is 3.46. The zero-order valence-corrected chi connectivity index (χ0v) is 8.95. The first-order chi connectivity index (χ1) is 7.45. The Bertz CT molecular complexity index is 349. The first-order valence-electron chi connectivity index (χ1n) is 5.63. The zero-order chi connectivity index (χ0) is 10.3. The third-order valence-corrected chi connectivity index (χ3v) is 2.58. The molecule has 0 spiro atoms. The first-order valence-corrected chi connectivity index (χ1v) is 5.63. The van der Waals surface area contributed by atoms with Crippen molar-refractivity contribution in [3.63, 3.8) is 0 Å². The van der Waals surface area contributed by atoms with Crippen LogP contribution in [0.2, 0.25) is 0 Å². The van der Waals surface area contributed by atoms with E-state index in [1.165, 1.54) is 30.6 Å². The molecule has 0 saturated carbocycles. The molecule has 0 radical (unpaired) electrons. The minimum atomic E-state index is 1.15. The van der Waals surface area contributed by atoms with Crippen LogP contribution in [0, 0.1) is 0 Å². The van der Waals surface area contributed by atoms with Crippen molar-refractivity contribution in [1.82, 2.24) is 0 Å². The van der Waals surface area contributed by atoms with Gasteiger partial charge in [-0.05, 0) is 43.9 Å². The maximum absolute atomic E-state index is 3.46. The Morgan fingerprint density at radius 2 is 1.87 bits per heavy atom. The predicted molar refractivity (Wildman–Crippen MR) is 65.8 cm³/mol. The lowest BCUT2D eigenvalue weighted by Crippen LogP contribution is -2.00. The van der Waals surface area contributed by atoms with E-state index in [9.17, 15) is 0 Å². The van der Waals surface area contributed by atoms with E-state index in [0.29, 0.717) is 0 Å². The van der Waals surface area contributed by atoms with E-state index in [-0.39, 0.29) is 0 Å². The molecule has 0 heterocycles. The quantitative estimate of drug-likeness (QED) is 0.755. The molecule has 1 N–H and O–H groups in total. The highest BCUT2D eigenvalue weighted by Gasteiger charge is 1.99. The summed E-state index contributed by atoms with van der Waals surface area (Å²) in [6, 6.07) is 10.4. The molecule has 0 unspecified atom stereocenters. The van der Waals surface area contributed by atoms with Gasteiger partial charge in [-0.25, -0.2) is 0 Å². The van der Waals surface area contributed by atoms with Crippen LogP contribution in [0.3, 0.4) is 0 Å². The molecule has 1 aliphatic carbocycles. The lowest BCUT2D eigenvalue weighted by molar-refractivity contribution is 0.739. The fourth-order valence-corrected chi connectivity index (χ4v) is 1.75. The van der Waals surface area contributed by atoms with Crippen LogP contribution in [0.15, 0.2) is 54.3 Å². The zero-order valence-electron chi connectivity index (χ0n) is 8.95. The van der Waals surface area contributed by atoms with Crippen LogP contribution in [0.1, 0.15) is 25.7 Å². The summed E-state index contributed by atoms with van der Waals surface area (Å²) in [6.07, 6.45) is 11.5. The molecule has 1 heteroatoms. The van der Waals surface area contributed by atoms with Gasteiger partial charge in [-0.1, -0.05) is 30.4 Å². The van der Waals surface area contributed by atoms with Crippen LogP contribution >= 0.6 is 0 Å². The van der Waals surface area contributed by atoms with Crippen molar-refractivity contribution >= 4 is 5.69 Å². The van der Waals surface area contributed by atoms with Gasteiger partial charge < -0.3 is 5.32 Å². The van der Waals surface area contributed by atoms with Crippen molar-refractivity contribution < 1.29 is 0 Å². The minimum Gasteiger partial charge on any atom is -0.359 e.